The molecule has 0 aliphatic rings. The van der Waals surface area contributed by atoms with Gasteiger partial charge in [-0.2, -0.15) is 0 Å². The minimum absolute atomic E-state index is 0.00694. The predicted molar refractivity (Wildman–Crippen MR) is 59.2 cm³/mol. The summed E-state index contributed by atoms with van der Waals surface area (Å²) in [5.41, 5.74) is 1.83. The van der Waals surface area contributed by atoms with Crippen molar-refractivity contribution in [3.63, 3.8) is 0 Å². The Bertz CT molecular complexity index is 332. The van der Waals surface area contributed by atoms with E-state index < -0.39 is 0 Å². The number of nitrogens with zero attached hydrogens (tertiary/aromatic N) is 2. The minimum atomic E-state index is 0.00694. The van der Waals surface area contributed by atoms with Crippen molar-refractivity contribution >= 4 is 20.2 Å². The van der Waals surface area contributed by atoms with Crippen LogP contribution in [0.5, 0.6) is 0 Å². The summed E-state index contributed by atoms with van der Waals surface area (Å²) >= 11 is 0.00694. The number of halogens is 2. The van der Waals surface area contributed by atoms with Crippen molar-refractivity contribution in [2.45, 2.75) is 0 Å². The Morgan fingerprint density at radius 1 is 0.800 bits per heavy atom. The zero-order valence-electron chi connectivity index (χ0n) is 7.65. The Labute approximate surface area is 103 Å². The van der Waals surface area contributed by atoms with Gasteiger partial charge in [-0.1, -0.05) is 12.1 Å². The fourth-order valence-corrected chi connectivity index (χ4v) is 1.03. The molecule has 0 aromatic carbocycles. The molecule has 0 aliphatic heterocycles. The molecule has 5 heteroatoms. The molecule has 2 aromatic heterocycles. The van der Waals surface area contributed by atoms with Crippen LogP contribution in [0.25, 0.3) is 11.4 Å². The van der Waals surface area contributed by atoms with Gasteiger partial charge < -0.3 is 0 Å². The number of hydrogen-bond acceptors (Lipinski definition) is 2. The normalized spacial score (nSPS) is 8.93. The van der Waals surface area contributed by atoms with Gasteiger partial charge in [0.2, 0.25) is 0 Å². The van der Waals surface area contributed by atoms with E-state index in [1.54, 1.807) is 12.4 Å². The molecule has 0 spiro atoms. The zero-order chi connectivity index (χ0) is 10.9. The third-order valence-corrected chi connectivity index (χ3v) is 1.59. The molecule has 0 unspecified atom stereocenters. The molecule has 0 bridgehead atoms. The van der Waals surface area contributed by atoms with Crippen LogP contribution in [-0.2, 0) is 13.1 Å². The van der Waals surface area contributed by atoms with Gasteiger partial charge >= 0.3 is 33.3 Å². The second-order valence-corrected chi connectivity index (χ2v) is 4.43. The van der Waals surface area contributed by atoms with Gasteiger partial charge in [-0.15, -0.1) is 0 Å². The predicted octanol–water partition coefficient (Wildman–Crippen LogP) is 3.52. The summed E-state index contributed by atoms with van der Waals surface area (Å²) in [6.07, 6.45) is 3.54. The van der Waals surface area contributed by atoms with E-state index in [4.69, 9.17) is 20.2 Å². The van der Waals surface area contributed by atoms with Crippen molar-refractivity contribution in [2.24, 2.45) is 0 Å². The van der Waals surface area contributed by atoms with Crippen LogP contribution in [0.15, 0.2) is 48.8 Å². The van der Waals surface area contributed by atoms with Crippen LogP contribution in [0.2, 0.25) is 0 Å². The quantitative estimate of drug-likeness (QED) is 0.748. The maximum Gasteiger partial charge on any atom is 0.0886 e. The Morgan fingerprint density at radius 2 is 1.20 bits per heavy atom. The number of rotatable bonds is 1. The van der Waals surface area contributed by atoms with Crippen LogP contribution in [0.1, 0.15) is 0 Å². The smallest absolute Gasteiger partial charge is 0.0886 e. The molecule has 0 aliphatic carbocycles. The van der Waals surface area contributed by atoms with Crippen molar-refractivity contribution in [3.8, 4) is 11.4 Å². The molecule has 0 atom stereocenters. The molecule has 0 N–H and O–H groups in total. The van der Waals surface area contributed by atoms with E-state index in [-0.39, 0.29) is 13.1 Å². The van der Waals surface area contributed by atoms with E-state index in [1.165, 1.54) is 0 Å². The van der Waals surface area contributed by atoms with Crippen LogP contribution >= 0.6 is 20.2 Å². The fraction of sp³-hybridized carbons (Fsp3) is 0. The summed E-state index contributed by atoms with van der Waals surface area (Å²) in [6.45, 7) is 0. The van der Waals surface area contributed by atoms with E-state index in [1.807, 2.05) is 36.4 Å². The summed E-state index contributed by atoms with van der Waals surface area (Å²) in [7, 11) is 9.59. The number of aromatic nitrogens is 2. The van der Waals surface area contributed by atoms with Gasteiger partial charge in [0.15, 0.2) is 0 Å². The molecule has 0 amide bonds. The van der Waals surface area contributed by atoms with Crippen molar-refractivity contribution in [1.29, 1.82) is 0 Å². The van der Waals surface area contributed by atoms with Gasteiger partial charge in [0.25, 0.3) is 0 Å². The van der Waals surface area contributed by atoms with Gasteiger partial charge in [-0.25, -0.2) is 0 Å². The summed E-state index contributed by atoms with van der Waals surface area (Å²) in [5.74, 6) is 0. The van der Waals surface area contributed by atoms with E-state index in [2.05, 4.69) is 9.97 Å². The summed E-state index contributed by atoms with van der Waals surface area (Å²) in [6, 6.07) is 11.6. The van der Waals surface area contributed by atoms with Gasteiger partial charge in [-0.3, -0.25) is 9.97 Å². The molecule has 0 saturated heterocycles. The molecule has 2 aromatic rings. The summed E-state index contributed by atoms with van der Waals surface area (Å²) in [5, 5.41) is 0. The van der Waals surface area contributed by atoms with E-state index >= 15 is 0 Å². The molecule has 2 rings (SSSR count). The molecule has 2 heterocycles. The molecule has 0 fully saturated rings. The average Bonchev–Trinajstić information content (AvgIpc) is 2.32. The standard InChI is InChI=1S/C10H8N2.2ClH.Mn/c1-3-7-11-9(5-1)10-6-2-4-8-12-10;;;/h1-8H;2*1H;/q;;;+2/p-2. The van der Waals surface area contributed by atoms with Crippen molar-refractivity contribution in [3.05, 3.63) is 48.8 Å². The van der Waals surface area contributed by atoms with Crippen LogP contribution < -0.4 is 0 Å². The van der Waals surface area contributed by atoms with E-state index in [9.17, 15) is 0 Å². The second-order valence-electron chi connectivity index (χ2n) is 2.48. The van der Waals surface area contributed by atoms with Gasteiger partial charge in [-0.05, 0) is 24.3 Å². The molecule has 0 radical (unpaired) electrons. The van der Waals surface area contributed by atoms with Crippen LogP contribution in [0, 0.1) is 0 Å². The van der Waals surface area contributed by atoms with E-state index in [0.717, 1.165) is 11.4 Å². The number of pyridine rings is 2. The Hall–Kier alpha value is -0.601. The average molecular weight is 282 g/mol. The Balaban J connectivity index is 0.000000337. The Morgan fingerprint density at radius 3 is 1.47 bits per heavy atom. The number of hydrogen-bond donors (Lipinski definition) is 0. The largest absolute Gasteiger partial charge is 0.255 e. The van der Waals surface area contributed by atoms with E-state index in [0.29, 0.717) is 0 Å². The van der Waals surface area contributed by atoms with Crippen molar-refractivity contribution < 1.29 is 13.1 Å². The molecule has 0 saturated carbocycles. The second kappa shape index (κ2) is 7.66. The Kier molecular flexibility index (Phi) is 6.37. The summed E-state index contributed by atoms with van der Waals surface area (Å²) in [4.78, 5) is 8.37. The molecule has 2 nitrogen and oxygen atoms in total. The third-order valence-electron chi connectivity index (χ3n) is 1.59. The molecular formula is C10H8Cl2MnN2. The van der Waals surface area contributed by atoms with Gasteiger partial charge in [0, 0.05) is 12.4 Å². The van der Waals surface area contributed by atoms with Crippen LogP contribution in [-0.4, -0.2) is 9.97 Å². The van der Waals surface area contributed by atoms with Crippen molar-refractivity contribution in [1.82, 2.24) is 9.97 Å². The maximum absolute atomic E-state index is 4.80. The third kappa shape index (κ3) is 4.63. The SMILES string of the molecule is [Cl][Mn][Cl].c1ccc(-c2ccccn2)nc1. The fourth-order valence-electron chi connectivity index (χ4n) is 1.03. The molecule has 79 valence electrons. The first-order valence-electron chi connectivity index (χ1n) is 4.08. The van der Waals surface area contributed by atoms with Crippen molar-refractivity contribution in [2.75, 3.05) is 0 Å². The maximum atomic E-state index is 4.80. The minimum Gasteiger partial charge on any atom is -0.255 e. The first-order valence-corrected chi connectivity index (χ1v) is 7.33. The topological polar surface area (TPSA) is 25.8 Å². The summed E-state index contributed by atoms with van der Waals surface area (Å²) < 4.78 is 0. The van der Waals surface area contributed by atoms with Crippen LogP contribution in [0.4, 0.5) is 0 Å². The van der Waals surface area contributed by atoms with Gasteiger partial charge in [0.1, 0.15) is 0 Å². The van der Waals surface area contributed by atoms with Crippen LogP contribution in [0.3, 0.4) is 0 Å². The first kappa shape index (κ1) is 12.5. The molecular weight excluding hydrogens is 274 g/mol. The molecule has 15 heavy (non-hydrogen) atoms. The van der Waals surface area contributed by atoms with Gasteiger partial charge in [0.05, 0.1) is 11.4 Å². The first-order chi connectivity index (χ1) is 7.38. The monoisotopic (exact) mass is 281 g/mol. The zero-order valence-corrected chi connectivity index (χ0v) is 10.3.